The Kier molecular flexibility index (Phi) is 3.81. The van der Waals surface area contributed by atoms with Crippen molar-refractivity contribution in [1.82, 2.24) is 5.32 Å². The van der Waals surface area contributed by atoms with Gasteiger partial charge in [0.2, 0.25) is 5.91 Å². The van der Waals surface area contributed by atoms with Crippen LogP contribution in [0.1, 0.15) is 6.92 Å². The molecule has 1 aliphatic heterocycles. The van der Waals surface area contributed by atoms with E-state index < -0.39 is 42.5 Å². The number of amides is 1. The fourth-order valence-corrected chi connectivity index (χ4v) is 1.47. The summed E-state index contributed by atoms with van der Waals surface area (Å²) in [5.41, 5.74) is 0. The van der Waals surface area contributed by atoms with Crippen LogP contribution in [0.5, 0.6) is 0 Å². The average molecular weight is 235 g/mol. The molecule has 0 saturated carbocycles. The smallest absolute Gasteiger partial charge is 0.335 e. The second kappa shape index (κ2) is 4.74. The van der Waals surface area contributed by atoms with Crippen molar-refractivity contribution in [1.29, 1.82) is 0 Å². The summed E-state index contributed by atoms with van der Waals surface area (Å²) in [7, 11) is 0. The van der Waals surface area contributed by atoms with E-state index in [0.29, 0.717) is 0 Å². The minimum atomic E-state index is -1.73. The van der Waals surface area contributed by atoms with Crippen molar-refractivity contribution < 1.29 is 34.8 Å². The van der Waals surface area contributed by atoms with Gasteiger partial charge < -0.3 is 30.5 Å². The van der Waals surface area contributed by atoms with Crippen LogP contribution in [0, 0.1) is 0 Å². The molecular formula is C8H13NO7. The van der Waals surface area contributed by atoms with Gasteiger partial charge in [-0.25, -0.2) is 4.79 Å². The molecular weight excluding hydrogens is 222 g/mol. The molecule has 0 aromatic heterocycles. The molecule has 0 spiro atoms. The molecule has 8 nitrogen and oxygen atoms in total. The Bertz CT molecular complexity index is 294. The number of carbonyl (C=O) groups excluding carboxylic acids is 1. The molecule has 16 heavy (non-hydrogen) atoms. The van der Waals surface area contributed by atoms with Gasteiger partial charge in [0.1, 0.15) is 18.2 Å². The van der Waals surface area contributed by atoms with E-state index >= 15 is 0 Å². The van der Waals surface area contributed by atoms with Crippen molar-refractivity contribution in [2.24, 2.45) is 0 Å². The van der Waals surface area contributed by atoms with E-state index in [0.717, 1.165) is 6.92 Å². The van der Waals surface area contributed by atoms with E-state index in [1.807, 2.05) is 0 Å². The Balaban J connectivity index is 2.79. The molecule has 1 rings (SSSR count). The first kappa shape index (κ1) is 12.8. The van der Waals surface area contributed by atoms with Crippen molar-refractivity contribution in [2.75, 3.05) is 0 Å². The van der Waals surface area contributed by atoms with Crippen LogP contribution in [-0.2, 0) is 14.3 Å². The number of nitrogens with one attached hydrogen (secondary N) is 1. The molecule has 1 heterocycles. The topological polar surface area (TPSA) is 136 Å². The van der Waals surface area contributed by atoms with Crippen LogP contribution in [0.15, 0.2) is 0 Å². The summed E-state index contributed by atoms with van der Waals surface area (Å²) in [6.07, 6.45) is -6.76. The maximum Gasteiger partial charge on any atom is 0.335 e. The van der Waals surface area contributed by atoms with E-state index in [2.05, 4.69) is 10.1 Å². The summed E-state index contributed by atoms with van der Waals surface area (Å²) in [6.45, 7) is 1.15. The van der Waals surface area contributed by atoms with E-state index in [-0.39, 0.29) is 0 Å². The Morgan fingerprint density at radius 3 is 2.19 bits per heavy atom. The second-order valence-corrected chi connectivity index (χ2v) is 3.49. The molecule has 1 saturated heterocycles. The molecule has 1 amide bonds. The summed E-state index contributed by atoms with van der Waals surface area (Å²) >= 11 is 0. The van der Waals surface area contributed by atoms with Crippen molar-refractivity contribution in [3.63, 3.8) is 0 Å². The van der Waals surface area contributed by atoms with Gasteiger partial charge in [-0.15, -0.1) is 0 Å². The summed E-state index contributed by atoms with van der Waals surface area (Å²) in [6, 6.07) is -1.26. The van der Waals surface area contributed by atoms with Crippen LogP contribution >= 0.6 is 0 Å². The number of aliphatic hydroxyl groups excluding tert-OH is 3. The monoisotopic (exact) mass is 235 g/mol. The maximum absolute atomic E-state index is 10.7. The highest BCUT2D eigenvalue weighted by Crippen LogP contribution is 2.20. The summed E-state index contributed by atoms with van der Waals surface area (Å²) < 4.78 is 4.58. The van der Waals surface area contributed by atoms with Gasteiger partial charge >= 0.3 is 5.97 Å². The molecule has 0 aromatic carbocycles. The third-order valence-corrected chi connectivity index (χ3v) is 2.23. The lowest BCUT2D eigenvalue weighted by molar-refractivity contribution is -0.249. The number of carbonyl (C=O) groups is 2. The van der Waals surface area contributed by atoms with E-state index in [1.54, 1.807) is 0 Å². The lowest BCUT2D eigenvalue weighted by Crippen LogP contribution is -2.64. The highest BCUT2D eigenvalue weighted by Gasteiger charge is 2.47. The predicted octanol–water partition coefficient (Wildman–Crippen LogP) is -2.99. The van der Waals surface area contributed by atoms with Crippen molar-refractivity contribution in [3.8, 4) is 0 Å². The zero-order valence-electron chi connectivity index (χ0n) is 8.40. The Morgan fingerprint density at radius 1 is 1.19 bits per heavy atom. The first-order valence-electron chi connectivity index (χ1n) is 4.54. The fraction of sp³-hybridized carbons (Fsp3) is 0.750. The molecule has 0 radical (unpaired) electrons. The second-order valence-electron chi connectivity index (χ2n) is 3.49. The Morgan fingerprint density at radius 2 is 1.75 bits per heavy atom. The zero-order chi connectivity index (χ0) is 12.5. The zero-order valence-corrected chi connectivity index (χ0v) is 8.40. The third kappa shape index (κ3) is 2.47. The number of carboxylic acids is 1. The largest absolute Gasteiger partial charge is 0.479 e. The number of hydrogen-bond acceptors (Lipinski definition) is 6. The molecule has 1 aliphatic rings. The summed E-state index contributed by atoms with van der Waals surface area (Å²) in [5, 5.41) is 39.0. The third-order valence-electron chi connectivity index (χ3n) is 2.23. The van der Waals surface area contributed by atoms with Crippen LogP contribution in [0.3, 0.4) is 0 Å². The van der Waals surface area contributed by atoms with Crippen molar-refractivity contribution in [3.05, 3.63) is 0 Å². The van der Waals surface area contributed by atoms with E-state index in [1.165, 1.54) is 0 Å². The van der Waals surface area contributed by atoms with E-state index in [9.17, 15) is 24.9 Å². The molecule has 92 valence electrons. The van der Waals surface area contributed by atoms with Gasteiger partial charge in [0, 0.05) is 6.92 Å². The lowest BCUT2D eigenvalue weighted by atomic mass is 9.97. The Hall–Kier alpha value is -1.22. The van der Waals surface area contributed by atoms with Gasteiger partial charge in [0.05, 0.1) is 0 Å². The van der Waals surface area contributed by atoms with Crippen LogP contribution in [-0.4, -0.2) is 62.9 Å². The van der Waals surface area contributed by atoms with Crippen molar-refractivity contribution in [2.45, 2.75) is 37.6 Å². The minimum absolute atomic E-state index is 0.548. The van der Waals surface area contributed by atoms with Gasteiger partial charge in [-0.05, 0) is 0 Å². The molecule has 0 bridgehead atoms. The first-order valence-corrected chi connectivity index (χ1v) is 4.54. The van der Waals surface area contributed by atoms with Gasteiger partial charge in [-0.1, -0.05) is 0 Å². The number of ether oxygens (including phenoxy) is 1. The highest BCUT2D eigenvalue weighted by atomic mass is 16.6. The number of carboxylic acid groups (broad SMARTS) is 1. The van der Waals surface area contributed by atoms with Gasteiger partial charge in [-0.2, -0.15) is 0 Å². The number of aliphatic hydroxyl groups is 3. The van der Waals surface area contributed by atoms with Crippen LogP contribution in [0.2, 0.25) is 0 Å². The summed E-state index contributed by atoms with van der Waals surface area (Å²) in [4.78, 5) is 21.3. The molecule has 5 atom stereocenters. The standard InChI is InChI=1S/C8H13NO7/c1-2(10)9-3-4(11)5(12)6(7(13)14)16-8(3)15/h3-6,8,11-12,15H,1H3,(H,9,10)(H,13,14)/t3-,4+,5-,6-,8?/m0/s1. The number of aliphatic carboxylic acids is 1. The average Bonchev–Trinajstić information content (AvgIpc) is 2.17. The van der Waals surface area contributed by atoms with Crippen LogP contribution in [0.25, 0.3) is 0 Å². The predicted molar refractivity (Wildman–Crippen MR) is 48.1 cm³/mol. The summed E-state index contributed by atoms with van der Waals surface area (Å²) in [5.74, 6) is -2.06. The fourth-order valence-electron chi connectivity index (χ4n) is 1.47. The normalized spacial score (nSPS) is 39.1. The molecule has 1 unspecified atom stereocenters. The van der Waals surface area contributed by atoms with Gasteiger partial charge in [0.25, 0.3) is 0 Å². The lowest BCUT2D eigenvalue weighted by Gasteiger charge is -2.39. The molecule has 0 aliphatic carbocycles. The molecule has 5 N–H and O–H groups in total. The Labute approximate surface area is 90.5 Å². The molecule has 8 heteroatoms. The number of rotatable bonds is 2. The highest BCUT2D eigenvalue weighted by molar-refractivity contribution is 5.74. The quantitative estimate of drug-likeness (QED) is 0.344. The SMILES string of the molecule is CC(=O)N[C@@H]1C(O)O[C@H](C(=O)O)[C@@H](O)[C@@H]1O. The van der Waals surface area contributed by atoms with Gasteiger partial charge in [-0.3, -0.25) is 4.79 Å². The number of hydrogen-bond donors (Lipinski definition) is 5. The van der Waals surface area contributed by atoms with Gasteiger partial charge in [0.15, 0.2) is 12.4 Å². The first-order chi connectivity index (χ1) is 7.34. The molecule has 1 fully saturated rings. The van der Waals surface area contributed by atoms with Crippen LogP contribution < -0.4 is 5.32 Å². The molecule has 0 aromatic rings. The van der Waals surface area contributed by atoms with Crippen molar-refractivity contribution >= 4 is 11.9 Å². The van der Waals surface area contributed by atoms with Crippen LogP contribution in [0.4, 0.5) is 0 Å². The maximum atomic E-state index is 10.7. The van der Waals surface area contributed by atoms with E-state index in [4.69, 9.17) is 5.11 Å². The minimum Gasteiger partial charge on any atom is -0.479 e.